The van der Waals surface area contributed by atoms with E-state index >= 15 is 0 Å². The standard InChI is InChI=1S/C23H18Cl2N6OS/c1-15(16-2-4-18(24)5-3-16)27-28-21(32)14-33-23-30-29-22(17-10-12-26-13-11-17)31(23)20-8-6-19(25)7-9-20/h2-13H,14H2,1H3,(H,28,32)/b27-15+. The highest BCUT2D eigenvalue weighted by molar-refractivity contribution is 7.99. The van der Waals surface area contributed by atoms with Crippen molar-refractivity contribution in [2.45, 2.75) is 12.1 Å². The highest BCUT2D eigenvalue weighted by Crippen LogP contribution is 2.28. The van der Waals surface area contributed by atoms with Crippen LogP contribution in [0.25, 0.3) is 17.1 Å². The Bertz CT molecular complexity index is 1270. The number of hydrogen-bond donors (Lipinski definition) is 1. The van der Waals surface area contributed by atoms with E-state index in [1.54, 1.807) is 36.7 Å². The molecule has 4 aromatic rings. The van der Waals surface area contributed by atoms with Gasteiger partial charge in [-0.05, 0) is 61.0 Å². The van der Waals surface area contributed by atoms with Crippen LogP contribution in [0.3, 0.4) is 0 Å². The van der Waals surface area contributed by atoms with E-state index in [0.29, 0.717) is 26.7 Å². The van der Waals surface area contributed by atoms with Gasteiger partial charge in [0.1, 0.15) is 0 Å². The highest BCUT2D eigenvalue weighted by Gasteiger charge is 2.17. The number of hydrazone groups is 1. The first kappa shape index (κ1) is 23.0. The van der Waals surface area contributed by atoms with Crippen molar-refractivity contribution in [1.82, 2.24) is 25.2 Å². The van der Waals surface area contributed by atoms with E-state index in [9.17, 15) is 4.79 Å². The number of pyridine rings is 1. The first-order chi connectivity index (χ1) is 16.0. The highest BCUT2D eigenvalue weighted by atomic mass is 35.5. The summed E-state index contributed by atoms with van der Waals surface area (Å²) in [6, 6.07) is 18.3. The van der Waals surface area contributed by atoms with E-state index in [1.807, 2.05) is 47.9 Å². The molecule has 2 aromatic heterocycles. The predicted octanol–water partition coefficient (Wildman–Crippen LogP) is 5.27. The van der Waals surface area contributed by atoms with Crippen LogP contribution in [0, 0.1) is 0 Å². The van der Waals surface area contributed by atoms with Gasteiger partial charge < -0.3 is 0 Å². The zero-order chi connectivity index (χ0) is 23.2. The van der Waals surface area contributed by atoms with E-state index in [2.05, 4.69) is 25.7 Å². The Hall–Kier alpha value is -3.20. The largest absolute Gasteiger partial charge is 0.272 e. The van der Waals surface area contributed by atoms with Crippen LogP contribution in [-0.2, 0) is 4.79 Å². The molecular weight excluding hydrogens is 479 g/mol. The molecule has 0 fully saturated rings. The van der Waals surface area contributed by atoms with E-state index < -0.39 is 0 Å². The number of benzene rings is 2. The molecule has 0 radical (unpaired) electrons. The summed E-state index contributed by atoms with van der Waals surface area (Å²) in [7, 11) is 0. The fraction of sp³-hybridized carbons (Fsp3) is 0.0870. The Morgan fingerprint density at radius 3 is 2.27 bits per heavy atom. The first-order valence-corrected chi connectivity index (χ1v) is 11.6. The van der Waals surface area contributed by atoms with Crippen molar-refractivity contribution in [2.75, 3.05) is 5.75 Å². The zero-order valence-corrected chi connectivity index (χ0v) is 19.8. The monoisotopic (exact) mass is 496 g/mol. The molecule has 1 amide bonds. The molecule has 7 nitrogen and oxygen atoms in total. The second kappa shape index (κ2) is 10.6. The third kappa shape index (κ3) is 5.78. The van der Waals surface area contributed by atoms with Crippen LogP contribution in [0.5, 0.6) is 0 Å². The topological polar surface area (TPSA) is 85.1 Å². The number of amides is 1. The molecule has 0 saturated heterocycles. The summed E-state index contributed by atoms with van der Waals surface area (Å²) >= 11 is 13.2. The average molecular weight is 497 g/mol. The molecule has 0 bridgehead atoms. The minimum Gasteiger partial charge on any atom is -0.272 e. The first-order valence-electron chi connectivity index (χ1n) is 9.85. The summed E-state index contributed by atoms with van der Waals surface area (Å²) in [5.74, 6) is 0.489. The molecule has 2 aromatic carbocycles. The smallest absolute Gasteiger partial charge is 0.250 e. The number of carbonyl (C=O) groups is 1. The molecule has 0 saturated carbocycles. The summed E-state index contributed by atoms with van der Waals surface area (Å²) in [5, 5.41) is 14.7. The maximum atomic E-state index is 12.4. The molecule has 0 spiro atoms. The van der Waals surface area contributed by atoms with E-state index in [0.717, 1.165) is 16.8 Å². The summed E-state index contributed by atoms with van der Waals surface area (Å²) in [6.45, 7) is 1.81. The van der Waals surface area contributed by atoms with Crippen molar-refractivity contribution in [1.29, 1.82) is 0 Å². The summed E-state index contributed by atoms with van der Waals surface area (Å²) < 4.78 is 1.88. The quantitative estimate of drug-likeness (QED) is 0.214. The van der Waals surface area contributed by atoms with Gasteiger partial charge in [0.2, 0.25) is 0 Å². The van der Waals surface area contributed by atoms with Gasteiger partial charge in [-0.15, -0.1) is 10.2 Å². The lowest BCUT2D eigenvalue weighted by Gasteiger charge is -2.10. The van der Waals surface area contributed by atoms with Crippen LogP contribution < -0.4 is 5.43 Å². The Morgan fingerprint density at radius 2 is 1.61 bits per heavy atom. The third-order valence-corrected chi connectivity index (χ3v) is 6.03. The van der Waals surface area contributed by atoms with Gasteiger partial charge in [-0.25, -0.2) is 5.43 Å². The van der Waals surface area contributed by atoms with Crippen LogP contribution >= 0.6 is 35.0 Å². The minimum absolute atomic E-state index is 0.111. The van der Waals surface area contributed by atoms with Crippen LogP contribution in [0.2, 0.25) is 10.0 Å². The number of rotatable bonds is 7. The molecule has 1 N–H and O–H groups in total. The number of aromatic nitrogens is 4. The lowest BCUT2D eigenvalue weighted by atomic mass is 10.1. The third-order valence-electron chi connectivity index (χ3n) is 4.60. The van der Waals surface area contributed by atoms with E-state index in [-0.39, 0.29) is 11.7 Å². The van der Waals surface area contributed by atoms with Crippen LogP contribution in [0.4, 0.5) is 0 Å². The normalized spacial score (nSPS) is 11.4. The van der Waals surface area contributed by atoms with Crippen LogP contribution in [0.1, 0.15) is 12.5 Å². The van der Waals surface area contributed by atoms with Crippen LogP contribution in [-0.4, -0.2) is 37.1 Å². The molecule has 2 heterocycles. The molecule has 33 heavy (non-hydrogen) atoms. The molecule has 166 valence electrons. The van der Waals surface area contributed by atoms with Crippen LogP contribution in [0.15, 0.2) is 83.3 Å². The maximum absolute atomic E-state index is 12.4. The van der Waals surface area contributed by atoms with Gasteiger partial charge in [-0.2, -0.15) is 5.10 Å². The Labute approximate surface area is 204 Å². The van der Waals surface area contributed by atoms with Gasteiger partial charge in [-0.1, -0.05) is 47.1 Å². The number of nitrogens with zero attached hydrogens (tertiary/aromatic N) is 5. The van der Waals surface area contributed by atoms with Crippen molar-refractivity contribution < 1.29 is 4.79 Å². The SMILES string of the molecule is C/C(=N\NC(=O)CSc1nnc(-c2ccncc2)n1-c1ccc(Cl)cc1)c1ccc(Cl)cc1. The molecule has 10 heteroatoms. The Balaban J connectivity index is 1.51. The fourth-order valence-corrected chi connectivity index (χ4v) is 3.93. The number of hydrogen-bond acceptors (Lipinski definition) is 6. The number of nitrogens with one attached hydrogen (secondary N) is 1. The lowest BCUT2D eigenvalue weighted by molar-refractivity contribution is -0.118. The molecule has 0 unspecified atom stereocenters. The molecule has 0 aliphatic rings. The fourth-order valence-electron chi connectivity index (χ4n) is 2.94. The summed E-state index contributed by atoms with van der Waals surface area (Å²) in [6.07, 6.45) is 3.38. The van der Waals surface area contributed by atoms with E-state index in [4.69, 9.17) is 23.2 Å². The predicted molar refractivity (Wildman–Crippen MR) is 132 cm³/mol. The second-order valence-electron chi connectivity index (χ2n) is 6.88. The molecule has 0 aliphatic heterocycles. The number of carbonyl (C=O) groups excluding carboxylic acids is 1. The number of halogens is 2. The van der Waals surface area contributed by atoms with Gasteiger partial charge in [0.15, 0.2) is 11.0 Å². The molecule has 0 atom stereocenters. The summed E-state index contributed by atoms with van der Waals surface area (Å²) in [4.78, 5) is 16.5. The van der Waals surface area contributed by atoms with Gasteiger partial charge in [0.05, 0.1) is 11.5 Å². The Kier molecular flexibility index (Phi) is 7.39. The van der Waals surface area contributed by atoms with Crippen molar-refractivity contribution in [3.8, 4) is 17.1 Å². The van der Waals surface area contributed by atoms with Gasteiger partial charge in [0, 0.05) is 33.7 Å². The zero-order valence-electron chi connectivity index (χ0n) is 17.4. The van der Waals surface area contributed by atoms with E-state index in [1.165, 1.54) is 11.8 Å². The minimum atomic E-state index is -0.260. The summed E-state index contributed by atoms with van der Waals surface area (Å²) in [5.41, 5.74) is 5.81. The van der Waals surface area contributed by atoms with Crippen molar-refractivity contribution in [3.05, 3.63) is 88.7 Å². The Morgan fingerprint density at radius 1 is 0.970 bits per heavy atom. The van der Waals surface area contributed by atoms with Crippen molar-refractivity contribution in [3.63, 3.8) is 0 Å². The molecule has 0 aliphatic carbocycles. The number of thioether (sulfide) groups is 1. The van der Waals surface area contributed by atoms with Gasteiger partial charge in [0.25, 0.3) is 5.91 Å². The van der Waals surface area contributed by atoms with Gasteiger partial charge in [-0.3, -0.25) is 14.3 Å². The second-order valence-corrected chi connectivity index (χ2v) is 8.70. The van der Waals surface area contributed by atoms with Crippen molar-refractivity contribution >= 4 is 46.6 Å². The van der Waals surface area contributed by atoms with Crippen molar-refractivity contribution in [2.24, 2.45) is 5.10 Å². The van der Waals surface area contributed by atoms with Gasteiger partial charge >= 0.3 is 0 Å². The lowest BCUT2D eigenvalue weighted by Crippen LogP contribution is -2.21. The molecule has 4 rings (SSSR count). The maximum Gasteiger partial charge on any atom is 0.250 e. The molecular formula is C23H18Cl2N6OS. The average Bonchev–Trinajstić information content (AvgIpc) is 3.26.